The molecule has 0 aromatic heterocycles. The van der Waals surface area contributed by atoms with Crippen LogP contribution in [0.15, 0.2) is 72.8 Å². The van der Waals surface area contributed by atoms with Crippen LogP contribution in [0.3, 0.4) is 0 Å². The Kier molecular flexibility index (Phi) is 3.34. The molecule has 1 heteroatoms. The molecule has 0 aliphatic carbocycles. The second kappa shape index (κ2) is 5.49. The van der Waals surface area contributed by atoms with Gasteiger partial charge in [-0.1, -0.05) is 60.7 Å². The van der Waals surface area contributed by atoms with Crippen LogP contribution in [-0.2, 0) is 0 Å². The highest BCUT2D eigenvalue weighted by Gasteiger charge is 2.30. The van der Waals surface area contributed by atoms with Gasteiger partial charge < -0.3 is 4.90 Å². The number of para-hydroxylation sites is 1. The van der Waals surface area contributed by atoms with Crippen molar-refractivity contribution in [2.75, 3.05) is 11.4 Å². The number of benzene rings is 3. The Hall–Kier alpha value is -2.28. The largest absolute Gasteiger partial charge is 0.368 e. The smallest absolute Gasteiger partial charge is 0.0368 e. The van der Waals surface area contributed by atoms with Gasteiger partial charge in [0.25, 0.3) is 0 Å². The molecule has 2 atom stereocenters. The molecule has 0 saturated carbocycles. The fourth-order valence-corrected chi connectivity index (χ4v) is 3.71. The van der Waals surface area contributed by atoms with Gasteiger partial charge in [0.15, 0.2) is 0 Å². The van der Waals surface area contributed by atoms with Crippen molar-refractivity contribution in [1.82, 2.24) is 0 Å². The summed E-state index contributed by atoms with van der Waals surface area (Å²) in [6, 6.07) is 27.0. The molecule has 0 bridgehead atoms. The third kappa shape index (κ3) is 2.37. The number of rotatable bonds is 2. The van der Waals surface area contributed by atoms with E-state index in [9.17, 15) is 0 Å². The lowest BCUT2D eigenvalue weighted by Gasteiger charge is -2.23. The van der Waals surface area contributed by atoms with Gasteiger partial charge in [0.05, 0.1) is 0 Å². The van der Waals surface area contributed by atoms with Crippen molar-refractivity contribution in [2.45, 2.75) is 25.3 Å². The van der Waals surface area contributed by atoms with Crippen molar-refractivity contribution in [3.63, 3.8) is 0 Å². The first kappa shape index (κ1) is 13.4. The predicted molar refractivity (Wildman–Crippen MR) is 94.6 cm³/mol. The highest BCUT2D eigenvalue weighted by atomic mass is 15.2. The molecular weight excluding hydrogens is 266 g/mol. The van der Waals surface area contributed by atoms with Crippen molar-refractivity contribution in [3.8, 4) is 0 Å². The quantitative estimate of drug-likeness (QED) is 0.624. The molecule has 1 aliphatic heterocycles. The summed E-state index contributed by atoms with van der Waals surface area (Å²) in [4.78, 5) is 2.54. The zero-order valence-corrected chi connectivity index (χ0v) is 12.9. The summed E-state index contributed by atoms with van der Waals surface area (Å²) in [7, 11) is 0. The van der Waals surface area contributed by atoms with E-state index in [4.69, 9.17) is 0 Å². The van der Waals surface area contributed by atoms with E-state index in [1.54, 1.807) is 0 Å². The number of nitrogens with zero attached hydrogens (tertiary/aromatic N) is 1. The average molecular weight is 287 g/mol. The van der Waals surface area contributed by atoms with E-state index in [0.29, 0.717) is 12.0 Å². The molecule has 1 heterocycles. The molecule has 22 heavy (non-hydrogen) atoms. The summed E-state index contributed by atoms with van der Waals surface area (Å²) < 4.78 is 0. The van der Waals surface area contributed by atoms with Crippen molar-refractivity contribution in [2.24, 2.45) is 0 Å². The van der Waals surface area contributed by atoms with Crippen LogP contribution in [0, 0.1) is 0 Å². The van der Waals surface area contributed by atoms with Crippen LogP contribution in [-0.4, -0.2) is 12.6 Å². The molecule has 0 unspecified atom stereocenters. The molecule has 0 amide bonds. The number of hydrogen-bond donors (Lipinski definition) is 0. The van der Waals surface area contributed by atoms with Gasteiger partial charge in [-0.3, -0.25) is 0 Å². The number of anilines is 1. The topological polar surface area (TPSA) is 3.24 Å². The monoisotopic (exact) mass is 287 g/mol. The zero-order chi connectivity index (χ0) is 14.9. The predicted octanol–water partition coefficient (Wildman–Crippen LogP) is 5.22. The molecule has 0 spiro atoms. The van der Waals surface area contributed by atoms with E-state index in [0.717, 1.165) is 6.54 Å². The second-order valence-corrected chi connectivity index (χ2v) is 6.38. The SMILES string of the molecule is C[C@H]1C[C@H](c2ccc3ccccc3c2)CN1c1ccccc1. The number of fused-ring (bicyclic) bond motifs is 1. The Balaban J connectivity index is 1.63. The first-order chi connectivity index (χ1) is 10.8. The molecule has 0 N–H and O–H groups in total. The van der Waals surface area contributed by atoms with E-state index >= 15 is 0 Å². The van der Waals surface area contributed by atoms with Gasteiger partial charge in [0.1, 0.15) is 0 Å². The molecule has 1 fully saturated rings. The maximum absolute atomic E-state index is 2.54. The summed E-state index contributed by atoms with van der Waals surface area (Å²) in [5.74, 6) is 0.625. The van der Waals surface area contributed by atoms with Crippen molar-refractivity contribution >= 4 is 16.5 Å². The molecule has 3 aromatic rings. The Labute approximate surface area is 132 Å². The highest BCUT2D eigenvalue weighted by molar-refractivity contribution is 5.83. The van der Waals surface area contributed by atoms with Crippen molar-refractivity contribution in [3.05, 3.63) is 78.4 Å². The van der Waals surface area contributed by atoms with Crippen molar-refractivity contribution in [1.29, 1.82) is 0 Å². The van der Waals surface area contributed by atoms with Crippen molar-refractivity contribution < 1.29 is 0 Å². The Morgan fingerprint density at radius 3 is 2.36 bits per heavy atom. The molecule has 1 saturated heterocycles. The summed E-state index contributed by atoms with van der Waals surface area (Å²) in [6.45, 7) is 3.46. The average Bonchev–Trinajstić information content (AvgIpc) is 2.97. The fraction of sp³-hybridized carbons (Fsp3) is 0.238. The van der Waals surface area contributed by atoms with Gasteiger partial charge in [-0.15, -0.1) is 0 Å². The normalized spacial score (nSPS) is 21.4. The van der Waals surface area contributed by atoms with Gasteiger partial charge >= 0.3 is 0 Å². The lowest BCUT2D eigenvalue weighted by molar-refractivity contribution is 0.700. The van der Waals surface area contributed by atoms with Crippen LogP contribution in [0.2, 0.25) is 0 Å². The summed E-state index contributed by atoms with van der Waals surface area (Å²) in [5.41, 5.74) is 2.82. The van der Waals surface area contributed by atoms with Crippen LogP contribution in [0.4, 0.5) is 5.69 Å². The minimum Gasteiger partial charge on any atom is -0.368 e. The first-order valence-corrected chi connectivity index (χ1v) is 8.11. The fourth-order valence-electron chi connectivity index (χ4n) is 3.71. The number of hydrogen-bond acceptors (Lipinski definition) is 1. The molecule has 110 valence electrons. The molecule has 1 nitrogen and oxygen atoms in total. The van der Waals surface area contributed by atoms with E-state index in [1.807, 2.05) is 0 Å². The van der Waals surface area contributed by atoms with E-state index < -0.39 is 0 Å². The van der Waals surface area contributed by atoms with Crippen LogP contribution in [0.25, 0.3) is 10.8 Å². The lowest BCUT2D eigenvalue weighted by atomic mass is 9.94. The van der Waals surface area contributed by atoms with E-state index in [1.165, 1.54) is 28.4 Å². The van der Waals surface area contributed by atoms with Gasteiger partial charge in [0.2, 0.25) is 0 Å². The van der Waals surface area contributed by atoms with Crippen LogP contribution in [0.1, 0.15) is 24.8 Å². The lowest BCUT2D eigenvalue weighted by Crippen LogP contribution is -2.26. The Bertz CT molecular complexity index is 778. The summed E-state index contributed by atoms with van der Waals surface area (Å²) >= 11 is 0. The first-order valence-electron chi connectivity index (χ1n) is 8.11. The maximum atomic E-state index is 2.54. The van der Waals surface area contributed by atoms with Gasteiger partial charge in [0, 0.05) is 24.2 Å². The molecule has 3 aromatic carbocycles. The van der Waals surface area contributed by atoms with Crippen LogP contribution >= 0.6 is 0 Å². The van der Waals surface area contributed by atoms with Crippen LogP contribution < -0.4 is 4.90 Å². The van der Waals surface area contributed by atoms with Crippen LogP contribution in [0.5, 0.6) is 0 Å². The Morgan fingerprint density at radius 1 is 0.818 bits per heavy atom. The van der Waals surface area contributed by atoms with Gasteiger partial charge in [-0.05, 0) is 41.8 Å². The minimum atomic E-state index is 0.596. The second-order valence-electron chi connectivity index (χ2n) is 6.38. The molecular formula is C21H21N. The summed E-state index contributed by atoms with van der Waals surface area (Å²) in [5, 5.41) is 2.68. The maximum Gasteiger partial charge on any atom is 0.0368 e. The zero-order valence-electron chi connectivity index (χ0n) is 12.9. The molecule has 4 rings (SSSR count). The minimum absolute atomic E-state index is 0.596. The van der Waals surface area contributed by atoms with Gasteiger partial charge in [-0.25, -0.2) is 0 Å². The van der Waals surface area contributed by atoms with Gasteiger partial charge in [-0.2, -0.15) is 0 Å². The summed E-state index contributed by atoms with van der Waals surface area (Å²) in [6.07, 6.45) is 1.23. The van der Waals surface area contributed by atoms with E-state index in [-0.39, 0.29) is 0 Å². The standard InChI is InChI=1S/C21H21N/c1-16-13-20(15-22(16)21-9-3-2-4-10-21)19-12-11-17-7-5-6-8-18(17)14-19/h2-12,14,16,20H,13,15H2,1H3/t16-,20-/m0/s1. The van der Waals surface area contributed by atoms with E-state index in [2.05, 4.69) is 84.6 Å². The third-order valence-electron chi connectivity index (χ3n) is 4.91. The highest BCUT2D eigenvalue weighted by Crippen LogP contribution is 2.35. The Morgan fingerprint density at radius 2 is 1.55 bits per heavy atom. The third-order valence-corrected chi connectivity index (χ3v) is 4.91. The molecule has 1 aliphatic rings. The molecule has 0 radical (unpaired) electrons.